The van der Waals surface area contributed by atoms with Crippen molar-refractivity contribution < 1.29 is 8.42 Å². The van der Waals surface area contributed by atoms with E-state index in [0.29, 0.717) is 10.6 Å². The maximum absolute atomic E-state index is 11.2. The fourth-order valence-corrected chi connectivity index (χ4v) is 2.71. The summed E-state index contributed by atoms with van der Waals surface area (Å²) in [6, 6.07) is 8.60. The van der Waals surface area contributed by atoms with E-state index in [1.807, 2.05) is 0 Å². The van der Waals surface area contributed by atoms with Crippen molar-refractivity contribution in [2.24, 2.45) is 0 Å². The number of rotatable bonds is 5. The third-order valence-electron chi connectivity index (χ3n) is 2.17. The smallest absolute Gasteiger partial charge is 0.175 e. The first kappa shape index (κ1) is 14.0. The SMILES string of the molecule is CNC(C#N)CSc1ccc(S(C)(=O)=O)cc1. The first-order chi connectivity index (χ1) is 7.97. The van der Waals surface area contributed by atoms with Gasteiger partial charge in [0.05, 0.1) is 11.0 Å². The number of hydrogen-bond donors (Lipinski definition) is 1. The lowest BCUT2D eigenvalue weighted by Crippen LogP contribution is -2.25. The number of nitriles is 1. The van der Waals surface area contributed by atoms with Crippen molar-refractivity contribution in [3.63, 3.8) is 0 Å². The average molecular weight is 270 g/mol. The summed E-state index contributed by atoms with van der Waals surface area (Å²) in [4.78, 5) is 1.26. The van der Waals surface area contributed by atoms with E-state index >= 15 is 0 Å². The molecule has 1 unspecified atom stereocenters. The zero-order valence-corrected chi connectivity index (χ0v) is 11.3. The molecule has 0 fully saturated rings. The van der Waals surface area contributed by atoms with Gasteiger partial charge in [-0.3, -0.25) is 0 Å². The van der Waals surface area contributed by atoms with E-state index in [1.165, 1.54) is 18.0 Å². The van der Waals surface area contributed by atoms with Crippen LogP contribution < -0.4 is 5.32 Å². The molecule has 6 heteroatoms. The van der Waals surface area contributed by atoms with E-state index in [1.54, 1.807) is 31.3 Å². The van der Waals surface area contributed by atoms with Crippen LogP contribution in [0.4, 0.5) is 0 Å². The Morgan fingerprint density at radius 2 is 2.00 bits per heavy atom. The molecule has 1 rings (SSSR count). The van der Waals surface area contributed by atoms with E-state index < -0.39 is 9.84 Å². The zero-order chi connectivity index (χ0) is 12.9. The summed E-state index contributed by atoms with van der Waals surface area (Å²) in [5.41, 5.74) is 0. The Labute approximate surface area is 106 Å². The molecule has 1 aromatic carbocycles. The fraction of sp³-hybridized carbons (Fsp3) is 0.364. The lowest BCUT2D eigenvalue weighted by Gasteiger charge is -2.07. The van der Waals surface area contributed by atoms with Crippen LogP contribution in [-0.4, -0.2) is 33.5 Å². The first-order valence-electron chi connectivity index (χ1n) is 4.97. The summed E-state index contributed by atoms with van der Waals surface area (Å²) in [7, 11) is -1.40. The van der Waals surface area contributed by atoms with Crippen molar-refractivity contribution in [3.8, 4) is 6.07 Å². The van der Waals surface area contributed by atoms with Crippen LogP contribution in [-0.2, 0) is 9.84 Å². The van der Waals surface area contributed by atoms with E-state index in [4.69, 9.17) is 5.26 Å². The normalized spacial score (nSPS) is 13.0. The highest BCUT2D eigenvalue weighted by Gasteiger charge is 2.08. The number of sulfone groups is 1. The van der Waals surface area contributed by atoms with Crippen molar-refractivity contribution >= 4 is 21.6 Å². The minimum Gasteiger partial charge on any atom is -0.304 e. The van der Waals surface area contributed by atoms with Gasteiger partial charge in [0.2, 0.25) is 0 Å². The van der Waals surface area contributed by atoms with Crippen LogP contribution in [0.3, 0.4) is 0 Å². The molecule has 0 heterocycles. The standard InChI is InChI=1S/C11H14N2O2S2/c1-13-9(7-12)8-16-10-3-5-11(6-4-10)17(2,14)15/h3-6,9,13H,8H2,1-2H3. The van der Waals surface area contributed by atoms with Gasteiger partial charge < -0.3 is 5.32 Å². The highest BCUT2D eigenvalue weighted by molar-refractivity contribution is 7.99. The van der Waals surface area contributed by atoms with Gasteiger partial charge in [-0.2, -0.15) is 5.26 Å². The number of thioether (sulfide) groups is 1. The van der Waals surface area contributed by atoms with E-state index in [0.717, 1.165) is 4.90 Å². The molecule has 0 aliphatic carbocycles. The van der Waals surface area contributed by atoms with Crippen LogP contribution in [0, 0.1) is 11.3 Å². The van der Waals surface area contributed by atoms with E-state index in [2.05, 4.69) is 11.4 Å². The highest BCUT2D eigenvalue weighted by Crippen LogP contribution is 2.20. The van der Waals surface area contributed by atoms with Crippen molar-refractivity contribution in [1.29, 1.82) is 5.26 Å². The van der Waals surface area contributed by atoms with Crippen LogP contribution in [0.1, 0.15) is 0 Å². The maximum Gasteiger partial charge on any atom is 0.175 e. The monoisotopic (exact) mass is 270 g/mol. The fourth-order valence-electron chi connectivity index (χ4n) is 1.15. The van der Waals surface area contributed by atoms with Crippen LogP contribution in [0.2, 0.25) is 0 Å². The van der Waals surface area contributed by atoms with Crippen molar-refractivity contribution in [3.05, 3.63) is 24.3 Å². The van der Waals surface area contributed by atoms with E-state index in [-0.39, 0.29) is 6.04 Å². The molecule has 1 N–H and O–H groups in total. The average Bonchev–Trinajstić information content (AvgIpc) is 2.30. The number of hydrogen-bond acceptors (Lipinski definition) is 5. The molecule has 0 aliphatic heterocycles. The number of nitrogens with one attached hydrogen (secondary N) is 1. The van der Waals surface area contributed by atoms with Gasteiger partial charge in [-0.05, 0) is 31.3 Å². The Morgan fingerprint density at radius 1 is 1.41 bits per heavy atom. The molecule has 1 aromatic rings. The van der Waals surface area contributed by atoms with Crippen LogP contribution in [0.5, 0.6) is 0 Å². The minimum atomic E-state index is -3.13. The highest BCUT2D eigenvalue weighted by atomic mass is 32.2. The Morgan fingerprint density at radius 3 is 2.41 bits per heavy atom. The second kappa shape index (κ2) is 6.05. The van der Waals surface area contributed by atoms with Crippen LogP contribution in [0.25, 0.3) is 0 Å². The molecule has 0 aromatic heterocycles. The Kier molecular flexibility index (Phi) is 5.00. The predicted octanol–water partition coefficient (Wildman–Crippen LogP) is 1.29. The Bertz CT molecular complexity index is 503. The van der Waals surface area contributed by atoms with Gasteiger partial charge in [0.15, 0.2) is 9.84 Å². The van der Waals surface area contributed by atoms with Gasteiger partial charge in [-0.15, -0.1) is 11.8 Å². The van der Waals surface area contributed by atoms with Gasteiger partial charge in [-0.1, -0.05) is 0 Å². The van der Waals surface area contributed by atoms with Gasteiger partial charge in [0.25, 0.3) is 0 Å². The zero-order valence-electron chi connectivity index (χ0n) is 9.67. The molecule has 1 atom stereocenters. The van der Waals surface area contributed by atoms with Crippen molar-refractivity contribution in [2.45, 2.75) is 15.8 Å². The van der Waals surface area contributed by atoms with Gasteiger partial charge in [-0.25, -0.2) is 8.42 Å². The summed E-state index contributed by atoms with van der Waals surface area (Å²) < 4.78 is 22.5. The van der Waals surface area contributed by atoms with Crippen molar-refractivity contribution in [2.75, 3.05) is 19.1 Å². The molecule has 0 amide bonds. The molecule has 0 spiro atoms. The van der Waals surface area contributed by atoms with Crippen LogP contribution >= 0.6 is 11.8 Å². The Balaban J connectivity index is 2.67. The van der Waals surface area contributed by atoms with Gasteiger partial charge in [0, 0.05) is 16.9 Å². The number of nitrogens with zero attached hydrogens (tertiary/aromatic N) is 1. The second-order valence-electron chi connectivity index (χ2n) is 3.52. The van der Waals surface area contributed by atoms with E-state index in [9.17, 15) is 8.42 Å². The molecule has 0 radical (unpaired) electrons. The summed E-state index contributed by atoms with van der Waals surface area (Å²) in [6.07, 6.45) is 1.18. The third-order valence-corrected chi connectivity index (χ3v) is 4.41. The first-order valence-corrected chi connectivity index (χ1v) is 7.85. The van der Waals surface area contributed by atoms with Crippen molar-refractivity contribution in [1.82, 2.24) is 5.32 Å². The molecule has 0 saturated heterocycles. The molecule has 4 nitrogen and oxygen atoms in total. The second-order valence-corrected chi connectivity index (χ2v) is 6.63. The Hall–Kier alpha value is -1.03. The van der Waals surface area contributed by atoms with Gasteiger partial charge >= 0.3 is 0 Å². The van der Waals surface area contributed by atoms with Gasteiger partial charge in [0.1, 0.15) is 6.04 Å². The minimum absolute atomic E-state index is 0.199. The topological polar surface area (TPSA) is 70.0 Å². The largest absolute Gasteiger partial charge is 0.304 e. The molecule has 17 heavy (non-hydrogen) atoms. The molecular formula is C11H14N2O2S2. The molecule has 0 bridgehead atoms. The third kappa shape index (κ3) is 4.38. The lowest BCUT2D eigenvalue weighted by molar-refractivity contribution is 0.602. The summed E-state index contributed by atoms with van der Waals surface area (Å²) >= 11 is 1.52. The molecule has 0 saturated carbocycles. The molecule has 0 aliphatic rings. The quantitative estimate of drug-likeness (QED) is 0.817. The molecule has 92 valence electrons. The van der Waals surface area contributed by atoms with Crippen LogP contribution in [0.15, 0.2) is 34.1 Å². The maximum atomic E-state index is 11.2. The predicted molar refractivity (Wildman–Crippen MR) is 68.7 cm³/mol. The number of benzene rings is 1. The molecular weight excluding hydrogens is 256 g/mol. The lowest BCUT2D eigenvalue weighted by atomic mass is 10.4. The summed E-state index contributed by atoms with van der Waals surface area (Å²) in [6.45, 7) is 0. The summed E-state index contributed by atoms with van der Waals surface area (Å²) in [5, 5.41) is 11.6. The summed E-state index contributed by atoms with van der Waals surface area (Å²) in [5.74, 6) is 0.630.